The summed E-state index contributed by atoms with van der Waals surface area (Å²) in [5.41, 5.74) is 5.98. The summed E-state index contributed by atoms with van der Waals surface area (Å²) in [5, 5.41) is 3.14. The number of rotatable bonds is 4. The lowest BCUT2D eigenvalue weighted by atomic mass is 9.96. The van der Waals surface area contributed by atoms with Crippen LogP contribution in [0.25, 0.3) is 0 Å². The first-order chi connectivity index (χ1) is 8.15. The number of nitrogens with two attached hydrogens (primary N) is 1. The number of hydrogen-bond donors (Lipinski definition) is 2. The van der Waals surface area contributed by atoms with Crippen LogP contribution in [0.1, 0.15) is 44.9 Å². The van der Waals surface area contributed by atoms with Crippen molar-refractivity contribution in [3.05, 3.63) is 0 Å². The van der Waals surface area contributed by atoms with Crippen molar-refractivity contribution < 1.29 is 4.79 Å². The van der Waals surface area contributed by atoms with Crippen molar-refractivity contribution in [1.82, 2.24) is 10.2 Å². The summed E-state index contributed by atoms with van der Waals surface area (Å²) >= 11 is 0. The van der Waals surface area contributed by atoms with Gasteiger partial charge in [-0.1, -0.05) is 19.3 Å². The van der Waals surface area contributed by atoms with Gasteiger partial charge in [0.15, 0.2) is 0 Å². The topological polar surface area (TPSA) is 58.4 Å². The normalized spacial score (nSPS) is 23.2. The highest BCUT2D eigenvalue weighted by Gasteiger charge is 2.42. The van der Waals surface area contributed by atoms with Crippen LogP contribution in [0.5, 0.6) is 0 Å². The molecule has 0 aliphatic heterocycles. The van der Waals surface area contributed by atoms with E-state index in [9.17, 15) is 4.79 Å². The monoisotopic (exact) mass is 239 g/mol. The molecular weight excluding hydrogens is 214 g/mol. The van der Waals surface area contributed by atoms with E-state index >= 15 is 0 Å². The Kier molecular flexibility index (Phi) is 3.92. The fourth-order valence-corrected chi connectivity index (χ4v) is 2.71. The van der Waals surface area contributed by atoms with Gasteiger partial charge >= 0.3 is 6.03 Å². The van der Waals surface area contributed by atoms with Gasteiger partial charge in [0.2, 0.25) is 0 Å². The molecule has 2 amide bonds. The Hall–Kier alpha value is -0.770. The van der Waals surface area contributed by atoms with Crippen LogP contribution in [0.4, 0.5) is 4.79 Å². The summed E-state index contributed by atoms with van der Waals surface area (Å²) < 4.78 is 0. The van der Waals surface area contributed by atoms with Crippen LogP contribution in [0, 0.1) is 5.41 Å². The number of amides is 2. The second-order valence-electron chi connectivity index (χ2n) is 5.84. The van der Waals surface area contributed by atoms with E-state index in [1.165, 1.54) is 32.1 Å². The summed E-state index contributed by atoms with van der Waals surface area (Å²) in [6, 6.07) is 0.475. The predicted octanol–water partition coefficient (Wildman–Crippen LogP) is 1.70. The lowest BCUT2D eigenvalue weighted by Crippen LogP contribution is -2.46. The second-order valence-corrected chi connectivity index (χ2v) is 5.84. The van der Waals surface area contributed by atoms with Crippen LogP contribution >= 0.6 is 0 Å². The minimum absolute atomic E-state index is 0.0802. The Balaban J connectivity index is 1.74. The van der Waals surface area contributed by atoms with E-state index in [4.69, 9.17) is 5.73 Å². The fourth-order valence-electron chi connectivity index (χ4n) is 2.71. The third kappa shape index (κ3) is 3.35. The summed E-state index contributed by atoms with van der Waals surface area (Å²) in [6.07, 6.45) is 8.44. The standard InChI is InChI=1S/C13H25N3O/c1-16(10-13(9-14)7-8-13)12(17)15-11-5-3-2-4-6-11/h11H,2-10,14H2,1H3,(H,15,17). The lowest BCUT2D eigenvalue weighted by Gasteiger charge is -2.28. The first-order valence-corrected chi connectivity index (χ1v) is 6.87. The van der Waals surface area contributed by atoms with Crippen molar-refractivity contribution in [2.45, 2.75) is 51.0 Å². The molecule has 98 valence electrons. The average molecular weight is 239 g/mol. The van der Waals surface area contributed by atoms with Crippen molar-refractivity contribution >= 4 is 6.03 Å². The van der Waals surface area contributed by atoms with Crippen LogP contribution in [-0.2, 0) is 0 Å². The van der Waals surface area contributed by atoms with Gasteiger partial charge in [-0.2, -0.15) is 0 Å². The number of nitrogens with one attached hydrogen (secondary N) is 1. The molecule has 0 atom stereocenters. The highest BCUT2D eigenvalue weighted by atomic mass is 16.2. The average Bonchev–Trinajstić information content (AvgIpc) is 3.11. The first-order valence-electron chi connectivity index (χ1n) is 6.87. The second kappa shape index (κ2) is 5.25. The largest absolute Gasteiger partial charge is 0.335 e. The molecule has 0 radical (unpaired) electrons. The van der Waals surface area contributed by atoms with Gasteiger partial charge in [0.05, 0.1) is 0 Å². The molecule has 0 aromatic carbocycles. The van der Waals surface area contributed by atoms with E-state index in [-0.39, 0.29) is 11.4 Å². The van der Waals surface area contributed by atoms with Gasteiger partial charge in [-0.15, -0.1) is 0 Å². The number of hydrogen-bond acceptors (Lipinski definition) is 2. The Bertz CT molecular complexity index is 270. The molecule has 2 saturated carbocycles. The van der Waals surface area contributed by atoms with Crippen LogP contribution in [0.3, 0.4) is 0 Å². The summed E-state index contributed by atoms with van der Waals surface area (Å²) in [4.78, 5) is 13.8. The molecular formula is C13H25N3O. The van der Waals surface area contributed by atoms with E-state index in [1.54, 1.807) is 0 Å². The van der Waals surface area contributed by atoms with Crippen LogP contribution in [0.15, 0.2) is 0 Å². The van der Waals surface area contributed by atoms with Crippen LogP contribution in [-0.4, -0.2) is 37.1 Å². The highest BCUT2D eigenvalue weighted by molar-refractivity contribution is 5.74. The Morgan fingerprint density at radius 3 is 2.53 bits per heavy atom. The first kappa shape index (κ1) is 12.7. The van der Waals surface area contributed by atoms with Crippen LogP contribution < -0.4 is 11.1 Å². The maximum absolute atomic E-state index is 12.0. The lowest BCUT2D eigenvalue weighted by molar-refractivity contribution is 0.190. The molecule has 2 fully saturated rings. The maximum atomic E-state index is 12.0. The number of urea groups is 1. The Morgan fingerprint density at radius 1 is 1.35 bits per heavy atom. The van der Waals surface area contributed by atoms with Gasteiger partial charge < -0.3 is 16.0 Å². The Labute approximate surface area is 104 Å². The predicted molar refractivity (Wildman–Crippen MR) is 68.8 cm³/mol. The molecule has 3 N–H and O–H groups in total. The quantitative estimate of drug-likeness (QED) is 0.784. The summed E-state index contributed by atoms with van der Waals surface area (Å²) in [6.45, 7) is 1.51. The third-order valence-electron chi connectivity index (χ3n) is 4.24. The molecule has 0 aromatic heterocycles. The van der Waals surface area contributed by atoms with Gasteiger partial charge in [0.1, 0.15) is 0 Å². The smallest absolute Gasteiger partial charge is 0.317 e. The van der Waals surface area contributed by atoms with Crippen molar-refractivity contribution in [1.29, 1.82) is 0 Å². The van der Waals surface area contributed by atoms with E-state index in [2.05, 4.69) is 5.32 Å². The summed E-state index contributed by atoms with van der Waals surface area (Å²) in [7, 11) is 1.88. The molecule has 17 heavy (non-hydrogen) atoms. The fraction of sp³-hybridized carbons (Fsp3) is 0.923. The Morgan fingerprint density at radius 2 is 2.00 bits per heavy atom. The van der Waals surface area contributed by atoms with Crippen molar-refractivity contribution in [2.75, 3.05) is 20.1 Å². The SMILES string of the molecule is CN(CC1(CN)CC1)C(=O)NC1CCCCC1. The molecule has 4 nitrogen and oxygen atoms in total. The molecule has 4 heteroatoms. The number of carbonyl (C=O) groups is 1. The van der Waals surface area contributed by atoms with Crippen molar-refractivity contribution in [3.63, 3.8) is 0 Å². The van der Waals surface area contributed by atoms with Gasteiger partial charge in [0.25, 0.3) is 0 Å². The van der Waals surface area contributed by atoms with Gasteiger partial charge in [-0.05, 0) is 32.2 Å². The third-order valence-corrected chi connectivity index (χ3v) is 4.24. The highest BCUT2D eigenvalue weighted by Crippen LogP contribution is 2.44. The van der Waals surface area contributed by atoms with Gasteiger partial charge in [0, 0.05) is 25.0 Å². The molecule has 2 aliphatic carbocycles. The number of nitrogens with zero attached hydrogens (tertiary/aromatic N) is 1. The molecule has 0 heterocycles. The molecule has 0 aromatic rings. The zero-order chi connectivity index (χ0) is 12.3. The summed E-state index contributed by atoms with van der Waals surface area (Å²) in [5.74, 6) is 0. The minimum atomic E-state index is 0.0802. The number of carbonyl (C=O) groups excluding carboxylic acids is 1. The van der Waals surface area contributed by atoms with Gasteiger partial charge in [-0.25, -0.2) is 4.79 Å². The van der Waals surface area contributed by atoms with E-state index in [1.807, 2.05) is 11.9 Å². The molecule has 2 aliphatic rings. The molecule has 0 unspecified atom stereocenters. The maximum Gasteiger partial charge on any atom is 0.317 e. The van der Waals surface area contributed by atoms with E-state index < -0.39 is 0 Å². The van der Waals surface area contributed by atoms with Crippen molar-refractivity contribution in [3.8, 4) is 0 Å². The van der Waals surface area contributed by atoms with E-state index in [0.29, 0.717) is 12.6 Å². The minimum Gasteiger partial charge on any atom is -0.335 e. The molecule has 0 saturated heterocycles. The van der Waals surface area contributed by atoms with Crippen molar-refractivity contribution in [2.24, 2.45) is 11.1 Å². The van der Waals surface area contributed by atoms with Crippen LogP contribution in [0.2, 0.25) is 0 Å². The zero-order valence-corrected chi connectivity index (χ0v) is 10.9. The molecule has 2 rings (SSSR count). The zero-order valence-electron chi connectivity index (χ0n) is 10.9. The molecule has 0 spiro atoms. The molecule has 0 bridgehead atoms. The van der Waals surface area contributed by atoms with E-state index in [0.717, 1.165) is 19.4 Å². The van der Waals surface area contributed by atoms with Gasteiger partial charge in [-0.3, -0.25) is 0 Å².